The van der Waals surface area contributed by atoms with Crippen molar-refractivity contribution in [3.8, 4) is 5.75 Å². The predicted octanol–water partition coefficient (Wildman–Crippen LogP) is 1.81. The summed E-state index contributed by atoms with van der Waals surface area (Å²) in [4.78, 5) is 0. The fraction of sp³-hybridized carbons (Fsp3) is 0.400. The van der Waals surface area contributed by atoms with Gasteiger partial charge in [0.1, 0.15) is 11.6 Å². The van der Waals surface area contributed by atoms with Crippen molar-refractivity contribution in [2.24, 2.45) is 5.73 Å². The number of phenolic OH excluding ortho intramolecular Hbond substituents is 1. The first-order chi connectivity index (χ1) is 6.11. The molecule has 2 nitrogen and oxygen atoms in total. The van der Waals surface area contributed by atoms with E-state index in [-0.39, 0.29) is 17.6 Å². The second-order valence-electron chi connectivity index (χ2n) is 3.25. The molecule has 1 aromatic rings. The van der Waals surface area contributed by atoms with Gasteiger partial charge in [-0.25, -0.2) is 4.39 Å². The van der Waals surface area contributed by atoms with Gasteiger partial charge in [-0.15, -0.1) is 0 Å². The lowest BCUT2D eigenvalue weighted by atomic mass is 10.1. The van der Waals surface area contributed by atoms with E-state index in [1.807, 2.05) is 6.92 Å². The molecule has 0 bridgehead atoms. The Kier molecular flexibility index (Phi) is 3.25. The summed E-state index contributed by atoms with van der Waals surface area (Å²) >= 11 is 0. The molecule has 0 aliphatic heterocycles. The number of benzene rings is 1. The van der Waals surface area contributed by atoms with Crippen molar-refractivity contribution in [2.45, 2.75) is 25.8 Å². The molecular formula is C10H14FNO. The molecule has 3 N–H and O–H groups in total. The van der Waals surface area contributed by atoms with Crippen LogP contribution in [0.1, 0.15) is 18.9 Å². The standard InChI is InChI=1S/C10H14FNO/c1-7(12)5-6-8-9(11)3-2-4-10(8)13/h2-4,7,13H,5-6,12H2,1H3/t7-/m0/s1. The van der Waals surface area contributed by atoms with E-state index in [0.29, 0.717) is 18.4 Å². The predicted molar refractivity (Wildman–Crippen MR) is 50.0 cm³/mol. The van der Waals surface area contributed by atoms with E-state index in [0.717, 1.165) is 0 Å². The molecule has 13 heavy (non-hydrogen) atoms. The Bertz CT molecular complexity index is 266. The van der Waals surface area contributed by atoms with Gasteiger partial charge in [0.25, 0.3) is 0 Å². The zero-order chi connectivity index (χ0) is 9.84. The number of hydrogen-bond acceptors (Lipinski definition) is 2. The molecule has 1 rings (SSSR count). The second-order valence-corrected chi connectivity index (χ2v) is 3.25. The summed E-state index contributed by atoms with van der Waals surface area (Å²) in [6, 6.07) is 4.34. The summed E-state index contributed by atoms with van der Waals surface area (Å²) in [5, 5.41) is 9.32. The minimum atomic E-state index is -0.361. The molecule has 0 aliphatic carbocycles. The van der Waals surface area contributed by atoms with Crippen molar-refractivity contribution < 1.29 is 9.50 Å². The highest BCUT2D eigenvalue weighted by Gasteiger charge is 2.07. The lowest BCUT2D eigenvalue weighted by Crippen LogP contribution is -2.15. The lowest BCUT2D eigenvalue weighted by molar-refractivity contribution is 0.455. The molecule has 0 aromatic heterocycles. The van der Waals surface area contributed by atoms with Crippen LogP contribution in [0.2, 0.25) is 0 Å². The molecule has 1 atom stereocenters. The summed E-state index contributed by atoms with van der Waals surface area (Å²) in [7, 11) is 0. The van der Waals surface area contributed by atoms with E-state index >= 15 is 0 Å². The molecule has 0 amide bonds. The van der Waals surface area contributed by atoms with Gasteiger partial charge in [0, 0.05) is 11.6 Å². The van der Waals surface area contributed by atoms with Gasteiger partial charge in [-0.1, -0.05) is 6.07 Å². The van der Waals surface area contributed by atoms with Crippen LogP contribution in [0.4, 0.5) is 4.39 Å². The fourth-order valence-electron chi connectivity index (χ4n) is 1.17. The number of halogens is 1. The molecule has 1 aromatic carbocycles. The Labute approximate surface area is 77.2 Å². The Balaban J connectivity index is 2.75. The van der Waals surface area contributed by atoms with Gasteiger partial charge >= 0.3 is 0 Å². The van der Waals surface area contributed by atoms with Crippen LogP contribution >= 0.6 is 0 Å². The molecule has 72 valence electrons. The van der Waals surface area contributed by atoms with Crippen LogP contribution in [0.3, 0.4) is 0 Å². The average molecular weight is 183 g/mol. The summed E-state index contributed by atoms with van der Waals surface area (Å²) in [5.74, 6) is -0.346. The highest BCUT2D eigenvalue weighted by molar-refractivity contribution is 5.33. The lowest BCUT2D eigenvalue weighted by Gasteiger charge is -2.07. The van der Waals surface area contributed by atoms with E-state index in [4.69, 9.17) is 5.73 Å². The molecule has 3 heteroatoms. The van der Waals surface area contributed by atoms with Gasteiger partial charge in [-0.3, -0.25) is 0 Å². The molecule has 0 saturated heterocycles. The maximum atomic E-state index is 13.1. The van der Waals surface area contributed by atoms with Gasteiger partial charge in [-0.2, -0.15) is 0 Å². The monoisotopic (exact) mass is 183 g/mol. The molecule has 0 unspecified atom stereocenters. The van der Waals surface area contributed by atoms with Crippen LogP contribution in [0.25, 0.3) is 0 Å². The number of rotatable bonds is 3. The molecule has 0 radical (unpaired) electrons. The molecule has 0 heterocycles. The Morgan fingerprint density at radius 2 is 2.23 bits per heavy atom. The smallest absolute Gasteiger partial charge is 0.130 e. The largest absolute Gasteiger partial charge is 0.508 e. The minimum Gasteiger partial charge on any atom is -0.508 e. The van der Waals surface area contributed by atoms with Crippen LogP contribution in [-0.4, -0.2) is 11.1 Å². The van der Waals surface area contributed by atoms with Crippen molar-refractivity contribution >= 4 is 0 Å². The number of phenols is 1. The average Bonchev–Trinajstić information content (AvgIpc) is 2.03. The first kappa shape index (κ1) is 9.99. The molecule has 0 aliphatic rings. The third kappa shape index (κ3) is 2.70. The highest BCUT2D eigenvalue weighted by atomic mass is 19.1. The van der Waals surface area contributed by atoms with Crippen molar-refractivity contribution in [2.75, 3.05) is 0 Å². The molecule has 0 saturated carbocycles. The van der Waals surface area contributed by atoms with E-state index in [1.54, 1.807) is 0 Å². The third-order valence-electron chi connectivity index (χ3n) is 1.94. The highest BCUT2D eigenvalue weighted by Crippen LogP contribution is 2.21. The fourth-order valence-corrected chi connectivity index (χ4v) is 1.17. The number of aromatic hydroxyl groups is 1. The van der Waals surface area contributed by atoms with Gasteiger partial charge in [0.15, 0.2) is 0 Å². The van der Waals surface area contributed by atoms with Crippen molar-refractivity contribution in [1.29, 1.82) is 0 Å². The number of hydrogen-bond donors (Lipinski definition) is 2. The van der Waals surface area contributed by atoms with Crippen molar-refractivity contribution in [1.82, 2.24) is 0 Å². The van der Waals surface area contributed by atoms with E-state index in [1.165, 1.54) is 18.2 Å². The number of nitrogens with two attached hydrogens (primary N) is 1. The Morgan fingerprint density at radius 3 is 2.77 bits per heavy atom. The normalized spacial score (nSPS) is 12.8. The zero-order valence-corrected chi connectivity index (χ0v) is 7.63. The summed E-state index contributed by atoms with van der Waals surface area (Å²) in [6.45, 7) is 1.86. The van der Waals surface area contributed by atoms with Crippen molar-refractivity contribution in [3.63, 3.8) is 0 Å². The second kappa shape index (κ2) is 4.23. The minimum absolute atomic E-state index is 0.0145. The van der Waals surface area contributed by atoms with E-state index < -0.39 is 0 Å². The third-order valence-corrected chi connectivity index (χ3v) is 1.94. The zero-order valence-electron chi connectivity index (χ0n) is 7.63. The van der Waals surface area contributed by atoms with Gasteiger partial charge in [0.2, 0.25) is 0 Å². The van der Waals surface area contributed by atoms with Crippen LogP contribution in [0.5, 0.6) is 5.75 Å². The summed E-state index contributed by atoms with van der Waals surface area (Å²) in [6.07, 6.45) is 1.16. The van der Waals surface area contributed by atoms with Crippen LogP contribution in [-0.2, 0) is 6.42 Å². The molecule has 0 spiro atoms. The quantitative estimate of drug-likeness (QED) is 0.750. The maximum Gasteiger partial charge on any atom is 0.130 e. The molecule has 0 fully saturated rings. The van der Waals surface area contributed by atoms with E-state index in [9.17, 15) is 9.50 Å². The van der Waals surface area contributed by atoms with Crippen LogP contribution < -0.4 is 5.73 Å². The summed E-state index contributed by atoms with van der Waals surface area (Å²) < 4.78 is 13.1. The SMILES string of the molecule is C[C@H](N)CCc1c(O)cccc1F. The first-order valence-corrected chi connectivity index (χ1v) is 4.33. The Morgan fingerprint density at radius 1 is 1.54 bits per heavy atom. The Hall–Kier alpha value is -1.09. The maximum absolute atomic E-state index is 13.1. The summed E-state index contributed by atoms with van der Waals surface area (Å²) in [5.41, 5.74) is 5.90. The topological polar surface area (TPSA) is 46.2 Å². The van der Waals surface area contributed by atoms with E-state index in [2.05, 4.69) is 0 Å². The van der Waals surface area contributed by atoms with Gasteiger partial charge in [-0.05, 0) is 31.9 Å². The van der Waals surface area contributed by atoms with Gasteiger partial charge in [0.05, 0.1) is 0 Å². The molecular weight excluding hydrogens is 169 g/mol. The van der Waals surface area contributed by atoms with Gasteiger partial charge < -0.3 is 10.8 Å². The van der Waals surface area contributed by atoms with Crippen LogP contribution in [0.15, 0.2) is 18.2 Å². The first-order valence-electron chi connectivity index (χ1n) is 4.33. The van der Waals surface area contributed by atoms with Crippen molar-refractivity contribution in [3.05, 3.63) is 29.6 Å². The van der Waals surface area contributed by atoms with Crippen LogP contribution in [0, 0.1) is 5.82 Å².